The Hall–Kier alpha value is -2.95. The van der Waals surface area contributed by atoms with Crippen LogP contribution in [0.2, 0.25) is 0 Å². The van der Waals surface area contributed by atoms with Gasteiger partial charge in [0.1, 0.15) is 5.84 Å². The van der Waals surface area contributed by atoms with Crippen molar-refractivity contribution < 1.29 is 0 Å². The van der Waals surface area contributed by atoms with Crippen molar-refractivity contribution in [2.45, 2.75) is 0 Å². The van der Waals surface area contributed by atoms with E-state index in [9.17, 15) is 0 Å². The lowest BCUT2D eigenvalue weighted by atomic mass is 10.1. The van der Waals surface area contributed by atoms with E-state index in [1.54, 1.807) is 6.20 Å². The van der Waals surface area contributed by atoms with Crippen LogP contribution in [0, 0.1) is 5.41 Å². The topological polar surface area (TPSA) is 78.9 Å². The summed E-state index contributed by atoms with van der Waals surface area (Å²) in [6.07, 6.45) is 1.74. The summed E-state index contributed by atoms with van der Waals surface area (Å²) in [5, 5.41) is 16.8. The third-order valence-corrected chi connectivity index (χ3v) is 3.43. The van der Waals surface area contributed by atoms with Gasteiger partial charge in [-0.3, -0.25) is 5.41 Å². The smallest absolute Gasteiger partial charge is 0.122 e. The Morgan fingerprint density at radius 3 is 2.76 bits per heavy atom. The van der Waals surface area contributed by atoms with Crippen LogP contribution in [0.4, 0.5) is 11.4 Å². The van der Waals surface area contributed by atoms with Gasteiger partial charge in [-0.05, 0) is 18.2 Å². The zero-order valence-electron chi connectivity index (χ0n) is 11.6. The van der Waals surface area contributed by atoms with Crippen molar-refractivity contribution in [3.63, 3.8) is 0 Å². The first kappa shape index (κ1) is 13.1. The Morgan fingerprint density at radius 2 is 1.95 bits per heavy atom. The molecule has 0 aliphatic heterocycles. The van der Waals surface area contributed by atoms with Gasteiger partial charge < -0.3 is 10.6 Å². The second-order valence-electron chi connectivity index (χ2n) is 4.77. The normalized spacial score (nSPS) is 10.5. The van der Waals surface area contributed by atoms with E-state index in [1.807, 2.05) is 60.5 Å². The van der Waals surface area contributed by atoms with Gasteiger partial charge in [-0.2, -0.15) is 10.2 Å². The predicted molar refractivity (Wildman–Crippen MR) is 85.1 cm³/mol. The minimum Gasteiger partial charge on any atom is -0.384 e. The minimum atomic E-state index is 0.0583. The van der Waals surface area contributed by atoms with E-state index in [-0.39, 0.29) is 5.84 Å². The van der Waals surface area contributed by atoms with Crippen molar-refractivity contribution in [3.05, 3.63) is 60.3 Å². The molecule has 2 aromatic carbocycles. The first-order valence-electron chi connectivity index (χ1n) is 6.55. The summed E-state index contributed by atoms with van der Waals surface area (Å²) in [6.45, 7) is 0. The molecule has 0 radical (unpaired) electrons. The van der Waals surface area contributed by atoms with Crippen LogP contribution in [0.5, 0.6) is 0 Å². The molecule has 0 saturated carbocycles. The summed E-state index contributed by atoms with van der Waals surface area (Å²) in [7, 11) is 1.96. The maximum Gasteiger partial charge on any atom is 0.122 e. The van der Waals surface area contributed by atoms with Crippen LogP contribution < -0.4 is 10.6 Å². The highest BCUT2D eigenvalue weighted by Gasteiger charge is 2.10. The quantitative estimate of drug-likeness (QED) is 0.570. The molecule has 0 unspecified atom stereocenters. The van der Waals surface area contributed by atoms with Crippen LogP contribution in [-0.4, -0.2) is 23.1 Å². The standard InChI is InChI=1S/C16H15N5/c1-21(12-6-4-5-11(9-12)16(17)18)15-10-19-20-14-8-3-2-7-13(14)15/h2-10H,1H3,(H3,17,18). The van der Waals surface area contributed by atoms with Crippen LogP contribution in [0.3, 0.4) is 0 Å². The highest BCUT2D eigenvalue weighted by Crippen LogP contribution is 2.29. The second-order valence-corrected chi connectivity index (χ2v) is 4.77. The molecular weight excluding hydrogens is 262 g/mol. The number of aromatic nitrogens is 2. The molecule has 0 fully saturated rings. The van der Waals surface area contributed by atoms with Crippen molar-refractivity contribution in [2.24, 2.45) is 5.73 Å². The Kier molecular flexibility index (Phi) is 3.23. The fourth-order valence-electron chi connectivity index (χ4n) is 2.28. The molecule has 5 nitrogen and oxygen atoms in total. The first-order valence-corrected chi connectivity index (χ1v) is 6.55. The van der Waals surface area contributed by atoms with E-state index in [1.165, 1.54) is 0 Å². The molecule has 3 rings (SSSR count). The highest BCUT2D eigenvalue weighted by molar-refractivity contribution is 5.97. The van der Waals surface area contributed by atoms with Crippen molar-refractivity contribution in [1.29, 1.82) is 5.41 Å². The molecule has 0 spiro atoms. The highest BCUT2D eigenvalue weighted by atomic mass is 15.2. The van der Waals surface area contributed by atoms with Gasteiger partial charge in [0.25, 0.3) is 0 Å². The molecule has 5 heteroatoms. The fourth-order valence-corrected chi connectivity index (χ4v) is 2.28. The monoisotopic (exact) mass is 277 g/mol. The molecule has 0 atom stereocenters. The molecule has 21 heavy (non-hydrogen) atoms. The SMILES string of the molecule is CN(c1cccc(C(=N)N)c1)c1cnnc2ccccc12. The van der Waals surface area contributed by atoms with E-state index < -0.39 is 0 Å². The molecule has 0 aliphatic carbocycles. The molecule has 0 bridgehead atoms. The summed E-state index contributed by atoms with van der Waals surface area (Å²) in [6, 6.07) is 15.4. The Morgan fingerprint density at radius 1 is 1.14 bits per heavy atom. The average molecular weight is 277 g/mol. The average Bonchev–Trinajstić information content (AvgIpc) is 2.53. The molecule has 104 valence electrons. The number of amidine groups is 1. The zero-order chi connectivity index (χ0) is 14.8. The molecule has 1 aromatic heterocycles. The van der Waals surface area contributed by atoms with Crippen LogP contribution in [-0.2, 0) is 0 Å². The lowest BCUT2D eigenvalue weighted by Crippen LogP contribution is -2.14. The van der Waals surface area contributed by atoms with Gasteiger partial charge in [-0.1, -0.05) is 30.3 Å². The third kappa shape index (κ3) is 2.41. The summed E-state index contributed by atoms with van der Waals surface area (Å²) < 4.78 is 0. The number of fused-ring (bicyclic) bond motifs is 1. The van der Waals surface area contributed by atoms with E-state index in [2.05, 4.69) is 10.2 Å². The number of rotatable bonds is 3. The Bertz CT molecular complexity index is 807. The maximum atomic E-state index is 7.55. The summed E-state index contributed by atoms with van der Waals surface area (Å²) in [5.41, 5.74) is 9.01. The van der Waals surface area contributed by atoms with Crippen LogP contribution >= 0.6 is 0 Å². The lowest BCUT2D eigenvalue weighted by Gasteiger charge is -2.21. The van der Waals surface area contributed by atoms with Gasteiger partial charge in [0.2, 0.25) is 0 Å². The molecule has 3 aromatic rings. The largest absolute Gasteiger partial charge is 0.384 e. The van der Waals surface area contributed by atoms with Gasteiger partial charge in [-0.15, -0.1) is 0 Å². The number of nitrogens with zero attached hydrogens (tertiary/aromatic N) is 3. The van der Waals surface area contributed by atoms with Crippen LogP contribution in [0.1, 0.15) is 5.56 Å². The fraction of sp³-hybridized carbons (Fsp3) is 0.0625. The number of nitrogen functional groups attached to an aromatic ring is 1. The number of hydrogen-bond donors (Lipinski definition) is 2. The van der Waals surface area contributed by atoms with E-state index >= 15 is 0 Å². The van der Waals surface area contributed by atoms with Crippen LogP contribution in [0.15, 0.2) is 54.7 Å². The van der Waals surface area contributed by atoms with Gasteiger partial charge in [0, 0.05) is 23.7 Å². The van der Waals surface area contributed by atoms with E-state index in [4.69, 9.17) is 11.1 Å². The zero-order valence-corrected chi connectivity index (χ0v) is 11.6. The van der Waals surface area contributed by atoms with Gasteiger partial charge in [-0.25, -0.2) is 0 Å². The summed E-state index contributed by atoms with van der Waals surface area (Å²) >= 11 is 0. The Balaban J connectivity index is 2.10. The van der Waals surface area contributed by atoms with Gasteiger partial charge in [0.05, 0.1) is 17.4 Å². The van der Waals surface area contributed by atoms with E-state index in [0.717, 1.165) is 22.3 Å². The minimum absolute atomic E-state index is 0.0583. The maximum absolute atomic E-state index is 7.55. The number of nitrogens with one attached hydrogen (secondary N) is 1. The van der Waals surface area contributed by atoms with Crippen molar-refractivity contribution in [1.82, 2.24) is 10.2 Å². The van der Waals surface area contributed by atoms with E-state index in [0.29, 0.717) is 5.56 Å². The molecule has 0 amide bonds. The van der Waals surface area contributed by atoms with Gasteiger partial charge in [0.15, 0.2) is 0 Å². The molecule has 0 aliphatic rings. The van der Waals surface area contributed by atoms with Gasteiger partial charge >= 0.3 is 0 Å². The molecule has 3 N–H and O–H groups in total. The van der Waals surface area contributed by atoms with Crippen LogP contribution in [0.25, 0.3) is 10.9 Å². The summed E-state index contributed by atoms with van der Waals surface area (Å²) in [5.74, 6) is 0.0583. The summed E-state index contributed by atoms with van der Waals surface area (Å²) in [4.78, 5) is 2.02. The molecule has 1 heterocycles. The number of nitrogens with two attached hydrogens (primary N) is 1. The van der Waals surface area contributed by atoms with Crippen molar-refractivity contribution in [2.75, 3.05) is 11.9 Å². The Labute approximate surface area is 122 Å². The predicted octanol–water partition coefficient (Wildman–Crippen LogP) is 2.68. The lowest BCUT2D eigenvalue weighted by molar-refractivity contribution is 1.06. The molecule has 0 saturated heterocycles. The number of hydrogen-bond acceptors (Lipinski definition) is 4. The molecular formula is C16H15N5. The second kappa shape index (κ2) is 5.20. The van der Waals surface area contributed by atoms with Crippen molar-refractivity contribution >= 4 is 28.1 Å². The van der Waals surface area contributed by atoms with Crippen molar-refractivity contribution in [3.8, 4) is 0 Å². The number of anilines is 2. The first-order chi connectivity index (χ1) is 10.2. The number of benzene rings is 2. The third-order valence-electron chi connectivity index (χ3n) is 3.43.